The van der Waals surface area contributed by atoms with Gasteiger partial charge in [-0.3, -0.25) is 9.59 Å². The number of nitrogens with one attached hydrogen (secondary N) is 1. The van der Waals surface area contributed by atoms with Crippen LogP contribution in [0.25, 0.3) is 0 Å². The fourth-order valence-corrected chi connectivity index (χ4v) is 4.36. The summed E-state index contributed by atoms with van der Waals surface area (Å²) in [6, 6.07) is 12.0. The first-order chi connectivity index (χ1) is 15.3. The summed E-state index contributed by atoms with van der Waals surface area (Å²) in [5.41, 5.74) is 1.21. The van der Waals surface area contributed by atoms with Crippen molar-refractivity contribution in [3.05, 3.63) is 65.2 Å². The molecule has 1 N–H and O–H groups in total. The highest BCUT2D eigenvalue weighted by Crippen LogP contribution is 2.39. The van der Waals surface area contributed by atoms with Crippen molar-refractivity contribution in [1.29, 1.82) is 0 Å². The van der Waals surface area contributed by atoms with Gasteiger partial charge >= 0.3 is 12.1 Å². The van der Waals surface area contributed by atoms with Crippen LogP contribution in [0.4, 0.5) is 18.9 Å². The molecule has 7 heteroatoms. The first-order valence-electron chi connectivity index (χ1n) is 11.0. The summed E-state index contributed by atoms with van der Waals surface area (Å²) in [4.78, 5) is 25.0. The molecule has 0 unspecified atom stereocenters. The Kier molecular flexibility index (Phi) is 6.53. The summed E-state index contributed by atoms with van der Waals surface area (Å²) >= 11 is 0. The lowest BCUT2D eigenvalue weighted by molar-refractivity contribution is -0.146. The number of esters is 1. The number of alkyl halides is 3. The lowest BCUT2D eigenvalue weighted by atomic mass is 9.83. The molecule has 4 rings (SSSR count). The summed E-state index contributed by atoms with van der Waals surface area (Å²) in [7, 11) is 0. The Hall–Kier alpha value is -2.83. The van der Waals surface area contributed by atoms with E-state index in [0.29, 0.717) is 11.3 Å². The van der Waals surface area contributed by atoms with E-state index in [9.17, 15) is 22.8 Å². The van der Waals surface area contributed by atoms with Crippen molar-refractivity contribution in [3.63, 3.8) is 0 Å². The van der Waals surface area contributed by atoms with Gasteiger partial charge in [-0.25, -0.2) is 0 Å². The number of carbonyl (C=O) groups is 2. The SMILES string of the molecule is O=C(OCc1cccc(NC(=O)[C@H](c2ccc(C(F)(F)F)cc2)C2CCCC2)c1)C1CC1. The first kappa shape index (κ1) is 22.4. The van der Waals surface area contributed by atoms with Gasteiger partial charge in [-0.05, 0) is 67.0 Å². The van der Waals surface area contributed by atoms with Crippen molar-refractivity contribution >= 4 is 17.6 Å². The highest BCUT2D eigenvalue weighted by atomic mass is 19.4. The van der Waals surface area contributed by atoms with Crippen molar-refractivity contribution < 1.29 is 27.5 Å². The van der Waals surface area contributed by atoms with E-state index in [0.717, 1.165) is 56.2 Å². The molecule has 2 aromatic rings. The van der Waals surface area contributed by atoms with Crippen molar-refractivity contribution in [2.24, 2.45) is 11.8 Å². The van der Waals surface area contributed by atoms with E-state index in [1.807, 2.05) is 6.07 Å². The molecule has 4 nitrogen and oxygen atoms in total. The molecule has 0 heterocycles. The van der Waals surface area contributed by atoms with Crippen LogP contribution in [0.3, 0.4) is 0 Å². The van der Waals surface area contributed by atoms with E-state index < -0.39 is 17.7 Å². The second-order valence-corrected chi connectivity index (χ2v) is 8.71. The number of benzene rings is 2. The predicted molar refractivity (Wildman–Crippen MR) is 114 cm³/mol. The quantitative estimate of drug-likeness (QED) is 0.526. The van der Waals surface area contributed by atoms with E-state index in [1.54, 1.807) is 18.2 Å². The van der Waals surface area contributed by atoms with Crippen LogP contribution in [0, 0.1) is 11.8 Å². The van der Waals surface area contributed by atoms with Crippen LogP contribution in [0.5, 0.6) is 0 Å². The van der Waals surface area contributed by atoms with Gasteiger partial charge < -0.3 is 10.1 Å². The van der Waals surface area contributed by atoms with E-state index in [-0.39, 0.29) is 30.3 Å². The minimum absolute atomic E-state index is 0.0220. The molecular weight excluding hydrogens is 419 g/mol. The zero-order chi connectivity index (χ0) is 22.7. The Labute approximate surface area is 185 Å². The van der Waals surface area contributed by atoms with Crippen LogP contribution in [0.1, 0.15) is 61.1 Å². The predicted octanol–water partition coefficient (Wildman–Crippen LogP) is 6.07. The maximum absolute atomic E-state index is 13.2. The van der Waals surface area contributed by atoms with Gasteiger partial charge in [0.05, 0.1) is 17.4 Å². The van der Waals surface area contributed by atoms with E-state index in [1.165, 1.54) is 12.1 Å². The average Bonchev–Trinajstić information content (AvgIpc) is 3.48. The molecule has 0 radical (unpaired) electrons. The third kappa shape index (κ3) is 5.50. The topological polar surface area (TPSA) is 55.4 Å². The fourth-order valence-electron chi connectivity index (χ4n) is 4.36. The lowest BCUT2D eigenvalue weighted by Crippen LogP contribution is -2.26. The number of amides is 1. The number of halogens is 3. The van der Waals surface area contributed by atoms with Gasteiger partial charge in [0.25, 0.3) is 0 Å². The number of carbonyl (C=O) groups excluding carboxylic acids is 2. The van der Waals surface area contributed by atoms with Gasteiger partial charge in [-0.2, -0.15) is 13.2 Å². The normalized spacial score (nSPS) is 17.7. The zero-order valence-corrected chi connectivity index (χ0v) is 17.7. The molecule has 0 aromatic heterocycles. The number of ether oxygens (including phenoxy) is 1. The Morgan fingerprint density at radius 2 is 1.69 bits per heavy atom. The molecular formula is C25H26F3NO3. The van der Waals surface area contributed by atoms with Crippen LogP contribution < -0.4 is 5.32 Å². The molecule has 0 aliphatic heterocycles. The number of hydrogen-bond acceptors (Lipinski definition) is 3. The second-order valence-electron chi connectivity index (χ2n) is 8.71. The summed E-state index contributed by atoms with van der Waals surface area (Å²) in [5.74, 6) is -0.828. The van der Waals surface area contributed by atoms with E-state index in [2.05, 4.69) is 5.32 Å². The van der Waals surface area contributed by atoms with Crippen LogP contribution in [0.2, 0.25) is 0 Å². The molecule has 2 aromatic carbocycles. The Bertz CT molecular complexity index is 961. The molecule has 1 atom stereocenters. The average molecular weight is 445 g/mol. The second kappa shape index (κ2) is 9.35. The molecule has 1 amide bonds. The minimum Gasteiger partial charge on any atom is -0.461 e. The van der Waals surface area contributed by atoms with Gasteiger partial charge in [-0.1, -0.05) is 37.1 Å². The molecule has 2 fully saturated rings. The van der Waals surface area contributed by atoms with Gasteiger partial charge in [0.2, 0.25) is 5.91 Å². The molecule has 170 valence electrons. The zero-order valence-electron chi connectivity index (χ0n) is 17.7. The Balaban J connectivity index is 1.48. The summed E-state index contributed by atoms with van der Waals surface area (Å²) in [6.07, 6.45) is 1.11. The number of hydrogen-bond donors (Lipinski definition) is 1. The van der Waals surface area contributed by atoms with Gasteiger partial charge in [0.15, 0.2) is 0 Å². The lowest BCUT2D eigenvalue weighted by Gasteiger charge is -2.24. The number of rotatable bonds is 7. The van der Waals surface area contributed by atoms with Gasteiger partial charge in [0, 0.05) is 5.69 Å². The molecule has 0 saturated heterocycles. The molecule has 0 bridgehead atoms. The molecule has 0 spiro atoms. The molecule has 2 aliphatic carbocycles. The van der Waals surface area contributed by atoms with Gasteiger partial charge in [0.1, 0.15) is 6.61 Å². The van der Waals surface area contributed by atoms with Gasteiger partial charge in [-0.15, -0.1) is 0 Å². The summed E-state index contributed by atoms with van der Waals surface area (Å²) in [5, 5.41) is 2.92. The standard InChI is InChI=1S/C25H26F3NO3/c26-25(27,28)20-12-10-18(11-13-20)22(17-5-1-2-6-17)23(30)29-21-7-3-4-16(14-21)15-32-24(31)19-8-9-19/h3-4,7,10-14,17,19,22H,1-2,5-6,8-9,15H2,(H,29,30)/t22-/m0/s1. The maximum Gasteiger partial charge on any atom is 0.416 e. The minimum atomic E-state index is -4.41. The van der Waals surface area contributed by atoms with E-state index in [4.69, 9.17) is 4.74 Å². The third-order valence-electron chi connectivity index (χ3n) is 6.24. The largest absolute Gasteiger partial charge is 0.461 e. The third-order valence-corrected chi connectivity index (χ3v) is 6.24. The Morgan fingerprint density at radius 1 is 1.00 bits per heavy atom. The van der Waals surface area contributed by atoms with Crippen molar-refractivity contribution in [3.8, 4) is 0 Å². The highest BCUT2D eigenvalue weighted by Gasteiger charge is 2.34. The van der Waals surface area contributed by atoms with Crippen molar-refractivity contribution in [1.82, 2.24) is 0 Å². The van der Waals surface area contributed by atoms with Crippen molar-refractivity contribution in [2.45, 2.75) is 57.2 Å². The summed E-state index contributed by atoms with van der Waals surface area (Å²) in [6.45, 7) is 0.143. The van der Waals surface area contributed by atoms with Crippen molar-refractivity contribution in [2.75, 3.05) is 5.32 Å². The fraction of sp³-hybridized carbons (Fsp3) is 0.440. The molecule has 32 heavy (non-hydrogen) atoms. The highest BCUT2D eigenvalue weighted by molar-refractivity contribution is 5.96. The number of anilines is 1. The molecule has 2 aliphatic rings. The smallest absolute Gasteiger partial charge is 0.416 e. The van der Waals surface area contributed by atoms with Crippen LogP contribution in [0.15, 0.2) is 48.5 Å². The van der Waals surface area contributed by atoms with Crippen LogP contribution in [-0.4, -0.2) is 11.9 Å². The Morgan fingerprint density at radius 3 is 2.31 bits per heavy atom. The summed E-state index contributed by atoms with van der Waals surface area (Å²) < 4.78 is 44.2. The first-order valence-corrected chi connectivity index (χ1v) is 11.0. The van der Waals surface area contributed by atoms with E-state index >= 15 is 0 Å². The molecule has 2 saturated carbocycles. The van der Waals surface area contributed by atoms with Crippen LogP contribution >= 0.6 is 0 Å². The maximum atomic E-state index is 13.2. The van der Waals surface area contributed by atoms with Crippen LogP contribution in [-0.2, 0) is 27.1 Å². The monoisotopic (exact) mass is 445 g/mol.